The first-order valence-corrected chi connectivity index (χ1v) is 9.43. The second kappa shape index (κ2) is 8.79. The van der Waals surface area contributed by atoms with Gasteiger partial charge in [-0.05, 0) is 36.3 Å². The number of methoxy groups -OCH3 is 1. The van der Waals surface area contributed by atoms with Gasteiger partial charge in [-0.2, -0.15) is 0 Å². The zero-order chi connectivity index (χ0) is 19.2. The molecule has 1 heterocycles. The topological polar surface area (TPSA) is 64.1 Å². The number of ether oxygens (including phenoxy) is 1. The maximum absolute atomic E-state index is 12.3. The molecule has 0 radical (unpaired) electrons. The molecule has 0 unspecified atom stereocenters. The third-order valence-electron chi connectivity index (χ3n) is 3.78. The molecule has 3 aromatic rings. The van der Waals surface area contributed by atoms with Crippen molar-refractivity contribution in [3.8, 4) is 5.75 Å². The van der Waals surface area contributed by atoms with Crippen molar-refractivity contribution in [3.63, 3.8) is 0 Å². The molecule has 1 aromatic heterocycles. The lowest BCUT2D eigenvalue weighted by Gasteiger charge is -2.03. The number of benzene rings is 2. The molecule has 0 fully saturated rings. The summed E-state index contributed by atoms with van der Waals surface area (Å²) in [5, 5.41) is 12.0. The number of rotatable bonds is 6. The third-order valence-corrected chi connectivity index (χ3v) is 5.14. The van der Waals surface area contributed by atoms with E-state index in [1.807, 2.05) is 55.5 Å². The Bertz CT molecular complexity index is 967. The van der Waals surface area contributed by atoms with Crippen LogP contribution in [0.25, 0.3) is 11.1 Å². The monoisotopic (exact) mass is 399 g/mol. The Kier molecular flexibility index (Phi) is 6.21. The summed E-state index contributed by atoms with van der Waals surface area (Å²) in [7, 11) is 1.61. The normalized spacial score (nSPS) is 11.3. The van der Waals surface area contributed by atoms with Crippen LogP contribution in [-0.4, -0.2) is 23.2 Å². The molecule has 0 saturated carbocycles. The molecule has 7 heteroatoms. The SMILES string of the molecule is COc1cccc(/C=C(\Cl)c2nnc(C(=O)NCc3ccc(C)cc3)s2)c1. The molecule has 0 atom stereocenters. The van der Waals surface area contributed by atoms with Crippen LogP contribution < -0.4 is 10.1 Å². The maximum Gasteiger partial charge on any atom is 0.282 e. The van der Waals surface area contributed by atoms with Gasteiger partial charge in [0.25, 0.3) is 5.91 Å². The van der Waals surface area contributed by atoms with Gasteiger partial charge in [0.2, 0.25) is 5.01 Å². The minimum Gasteiger partial charge on any atom is -0.497 e. The van der Waals surface area contributed by atoms with Crippen molar-refractivity contribution < 1.29 is 9.53 Å². The molecule has 0 aliphatic carbocycles. The quantitative estimate of drug-likeness (QED) is 0.661. The highest BCUT2D eigenvalue weighted by molar-refractivity contribution is 7.15. The number of aromatic nitrogens is 2. The number of carbonyl (C=O) groups is 1. The molecular weight excluding hydrogens is 382 g/mol. The van der Waals surface area contributed by atoms with Crippen LogP contribution in [0.3, 0.4) is 0 Å². The maximum atomic E-state index is 12.3. The van der Waals surface area contributed by atoms with Crippen LogP contribution in [0.4, 0.5) is 0 Å². The van der Waals surface area contributed by atoms with E-state index in [4.69, 9.17) is 16.3 Å². The number of halogens is 1. The van der Waals surface area contributed by atoms with E-state index in [1.54, 1.807) is 13.2 Å². The van der Waals surface area contributed by atoms with E-state index in [1.165, 1.54) is 5.56 Å². The zero-order valence-electron chi connectivity index (χ0n) is 14.9. The van der Waals surface area contributed by atoms with Crippen LogP contribution >= 0.6 is 22.9 Å². The number of hydrogen-bond donors (Lipinski definition) is 1. The number of hydrogen-bond acceptors (Lipinski definition) is 5. The van der Waals surface area contributed by atoms with E-state index < -0.39 is 0 Å². The summed E-state index contributed by atoms with van der Waals surface area (Å²) in [5.74, 6) is 0.465. The molecule has 3 rings (SSSR count). The van der Waals surface area contributed by atoms with Crippen molar-refractivity contribution >= 4 is 40.0 Å². The largest absolute Gasteiger partial charge is 0.497 e. The fourth-order valence-electron chi connectivity index (χ4n) is 2.31. The summed E-state index contributed by atoms with van der Waals surface area (Å²) < 4.78 is 5.20. The minimum absolute atomic E-state index is 0.273. The van der Waals surface area contributed by atoms with Crippen LogP contribution in [0.15, 0.2) is 48.5 Å². The number of nitrogens with zero attached hydrogens (tertiary/aromatic N) is 2. The van der Waals surface area contributed by atoms with Gasteiger partial charge < -0.3 is 10.1 Å². The van der Waals surface area contributed by atoms with Gasteiger partial charge >= 0.3 is 0 Å². The summed E-state index contributed by atoms with van der Waals surface area (Å²) in [4.78, 5) is 12.3. The Balaban J connectivity index is 1.66. The Morgan fingerprint density at radius 1 is 1.19 bits per heavy atom. The van der Waals surface area contributed by atoms with Crippen LogP contribution in [-0.2, 0) is 6.54 Å². The van der Waals surface area contributed by atoms with E-state index in [0.717, 1.165) is 28.2 Å². The number of amides is 1. The molecule has 0 aliphatic heterocycles. The van der Waals surface area contributed by atoms with Gasteiger partial charge in [-0.1, -0.05) is 64.9 Å². The predicted molar refractivity (Wildman–Crippen MR) is 109 cm³/mol. The van der Waals surface area contributed by atoms with Crippen molar-refractivity contribution in [2.24, 2.45) is 0 Å². The highest BCUT2D eigenvalue weighted by atomic mass is 35.5. The van der Waals surface area contributed by atoms with Crippen molar-refractivity contribution in [2.75, 3.05) is 7.11 Å². The Morgan fingerprint density at radius 3 is 2.67 bits per heavy atom. The summed E-state index contributed by atoms with van der Waals surface area (Å²) in [6, 6.07) is 15.5. The highest BCUT2D eigenvalue weighted by Crippen LogP contribution is 2.26. The molecule has 0 saturated heterocycles. The van der Waals surface area contributed by atoms with Crippen molar-refractivity contribution in [2.45, 2.75) is 13.5 Å². The van der Waals surface area contributed by atoms with Crippen molar-refractivity contribution in [3.05, 3.63) is 75.2 Å². The molecule has 0 aliphatic rings. The van der Waals surface area contributed by atoms with Crippen LogP contribution in [0.2, 0.25) is 0 Å². The van der Waals surface area contributed by atoms with E-state index in [9.17, 15) is 4.79 Å². The fraction of sp³-hybridized carbons (Fsp3) is 0.150. The van der Waals surface area contributed by atoms with E-state index in [0.29, 0.717) is 16.6 Å². The Hall–Kier alpha value is -2.70. The molecule has 0 bridgehead atoms. The van der Waals surface area contributed by atoms with E-state index >= 15 is 0 Å². The first-order valence-electron chi connectivity index (χ1n) is 8.24. The standard InChI is InChI=1S/C20H18ClN3O2S/c1-13-6-8-14(9-7-13)12-22-18(25)20-24-23-19(27-20)17(21)11-15-4-3-5-16(10-15)26-2/h3-11H,12H2,1-2H3,(H,22,25)/b17-11-. The third kappa shape index (κ3) is 5.15. The smallest absolute Gasteiger partial charge is 0.282 e. The van der Waals surface area contributed by atoms with Gasteiger partial charge in [0.05, 0.1) is 12.1 Å². The van der Waals surface area contributed by atoms with Gasteiger partial charge in [-0.25, -0.2) is 0 Å². The van der Waals surface area contributed by atoms with Crippen molar-refractivity contribution in [1.82, 2.24) is 15.5 Å². The summed E-state index contributed by atoms with van der Waals surface area (Å²) in [6.45, 7) is 2.45. The Labute approximate surface area is 166 Å². The van der Waals surface area contributed by atoms with Crippen LogP contribution in [0, 0.1) is 6.92 Å². The van der Waals surface area contributed by atoms with E-state index in [2.05, 4.69) is 15.5 Å². The molecule has 27 heavy (non-hydrogen) atoms. The summed E-state index contributed by atoms with van der Waals surface area (Å²) in [6.07, 6.45) is 1.76. The summed E-state index contributed by atoms with van der Waals surface area (Å²) in [5.41, 5.74) is 3.07. The summed E-state index contributed by atoms with van der Waals surface area (Å²) >= 11 is 7.49. The van der Waals surface area contributed by atoms with Crippen LogP contribution in [0.1, 0.15) is 31.5 Å². The second-order valence-corrected chi connectivity index (χ2v) is 7.23. The number of nitrogens with one attached hydrogen (secondary N) is 1. The zero-order valence-corrected chi connectivity index (χ0v) is 16.5. The average Bonchev–Trinajstić information content (AvgIpc) is 3.18. The molecule has 1 amide bonds. The number of carbonyl (C=O) groups excluding carboxylic acids is 1. The first kappa shape index (κ1) is 19.1. The Morgan fingerprint density at radius 2 is 1.93 bits per heavy atom. The van der Waals surface area contributed by atoms with Gasteiger partial charge in [0.15, 0.2) is 5.01 Å². The van der Waals surface area contributed by atoms with Gasteiger partial charge in [-0.15, -0.1) is 10.2 Å². The molecule has 1 N–H and O–H groups in total. The fourth-order valence-corrected chi connectivity index (χ4v) is 3.26. The molecule has 5 nitrogen and oxygen atoms in total. The van der Waals surface area contributed by atoms with Gasteiger partial charge in [0.1, 0.15) is 5.75 Å². The molecule has 138 valence electrons. The minimum atomic E-state index is -0.273. The first-order chi connectivity index (χ1) is 13.0. The van der Waals surface area contributed by atoms with Crippen molar-refractivity contribution in [1.29, 1.82) is 0 Å². The van der Waals surface area contributed by atoms with Gasteiger partial charge in [-0.3, -0.25) is 4.79 Å². The number of aryl methyl sites for hydroxylation is 1. The molecule has 0 spiro atoms. The lowest BCUT2D eigenvalue weighted by Crippen LogP contribution is -2.22. The molecule has 2 aromatic carbocycles. The molecular formula is C20H18ClN3O2S. The lowest BCUT2D eigenvalue weighted by atomic mass is 10.1. The predicted octanol–water partition coefficient (Wildman–Crippen LogP) is 4.52. The van der Waals surface area contributed by atoms with Gasteiger partial charge in [0, 0.05) is 6.54 Å². The van der Waals surface area contributed by atoms with E-state index in [-0.39, 0.29) is 10.9 Å². The lowest BCUT2D eigenvalue weighted by molar-refractivity contribution is 0.0950. The second-order valence-electron chi connectivity index (χ2n) is 5.85. The average molecular weight is 400 g/mol. The highest BCUT2D eigenvalue weighted by Gasteiger charge is 2.14. The van der Waals surface area contributed by atoms with Crippen LogP contribution in [0.5, 0.6) is 5.75 Å².